The molecule has 1 fully saturated rings. The number of carbonyl (C=O) groups excluding carboxylic acids is 1. The van der Waals surface area contributed by atoms with Gasteiger partial charge in [0, 0.05) is 26.6 Å². The largest absolute Gasteiger partial charge is 0.396 e. The average Bonchev–Trinajstić information content (AvgIpc) is 2.06. The molecule has 0 unspecified atom stereocenters. The minimum atomic E-state index is 0.114. The summed E-state index contributed by atoms with van der Waals surface area (Å²) in [6.45, 7) is 1.02. The fourth-order valence-electron chi connectivity index (χ4n) is 1.59. The Morgan fingerprint density at radius 3 is 2.69 bits per heavy atom. The number of aliphatic hydroxyl groups is 1. The summed E-state index contributed by atoms with van der Waals surface area (Å²) in [5, 5.41) is 8.57. The van der Waals surface area contributed by atoms with Crippen molar-refractivity contribution >= 4 is 5.91 Å². The van der Waals surface area contributed by atoms with Crippen molar-refractivity contribution in [3.05, 3.63) is 0 Å². The molecule has 1 amide bonds. The molecule has 0 aromatic rings. The van der Waals surface area contributed by atoms with Crippen molar-refractivity contribution < 1.29 is 9.90 Å². The summed E-state index contributed by atoms with van der Waals surface area (Å²) in [4.78, 5) is 13.2. The van der Waals surface area contributed by atoms with Gasteiger partial charge in [-0.2, -0.15) is 0 Å². The maximum absolute atomic E-state index is 11.4. The number of nitrogens with zero attached hydrogens (tertiary/aromatic N) is 1. The molecule has 1 N–H and O–H groups in total. The van der Waals surface area contributed by atoms with Gasteiger partial charge in [-0.3, -0.25) is 4.79 Å². The minimum absolute atomic E-state index is 0.114. The Bertz CT molecular complexity index is 166. The second kappa shape index (κ2) is 5.22. The molecule has 0 aromatic carbocycles. The van der Waals surface area contributed by atoms with Gasteiger partial charge in [0.2, 0.25) is 5.91 Å². The van der Waals surface area contributed by atoms with E-state index in [-0.39, 0.29) is 12.5 Å². The number of carbonyl (C=O) groups is 1. The maximum atomic E-state index is 11.4. The first-order valence-corrected chi connectivity index (χ1v) is 5.09. The molecular weight excluding hydrogens is 166 g/mol. The summed E-state index contributed by atoms with van der Waals surface area (Å²) in [5.41, 5.74) is 0. The molecule has 3 nitrogen and oxygen atoms in total. The van der Waals surface area contributed by atoms with E-state index in [4.69, 9.17) is 5.11 Å². The summed E-state index contributed by atoms with van der Waals surface area (Å²) in [6, 6.07) is 0. The van der Waals surface area contributed by atoms with Crippen LogP contribution in [0.4, 0.5) is 0 Å². The van der Waals surface area contributed by atoms with Crippen LogP contribution in [0, 0.1) is 5.92 Å². The van der Waals surface area contributed by atoms with Crippen LogP contribution in [0.25, 0.3) is 0 Å². The second-order valence-corrected chi connectivity index (χ2v) is 3.90. The highest BCUT2D eigenvalue weighted by Gasteiger charge is 2.20. The lowest BCUT2D eigenvalue weighted by molar-refractivity contribution is -0.131. The summed E-state index contributed by atoms with van der Waals surface area (Å²) in [5.74, 6) is 0.907. The predicted octanol–water partition coefficient (Wildman–Crippen LogP) is 1.02. The number of hydrogen-bond donors (Lipinski definition) is 1. The predicted molar refractivity (Wildman–Crippen MR) is 51.3 cm³/mol. The average molecular weight is 185 g/mol. The Balaban J connectivity index is 2.13. The lowest BCUT2D eigenvalue weighted by atomic mass is 9.85. The van der Waals surface area contributed by atoms with Crippen LogP contribution in [0.2, 0.25) is 0 Å². The Kier molecular flexibility index (Phi) is 4.22. The van der Waals surface area contributed by atoms with E-state index in [0.717, 1.165) is 12.5 Å². The van der Waals surface area contributed by atoms with Gasteiger partial charge in [0.25, 0.3) is 0 Å². The highest BCUT2D eigenvalue weighted by Crippen LogP contribution is 2.26. The van der Waals surface area contributed by atoms with E-state index in [1.54, 1.807) is 4.90 Å². The molecule has 0 atom stereocenters. The third-order valence-corrected chi connectivity index (χ3v) is 2.73. The standard InChI is InChI=1S/C10H19NO2/c1-11(8-9-4-2-5-9)10(13)6-3-7-12/h9,12H,2-8H2,1H3. The van der Waals surface area contributed by atoms with Gasteiger partial charge >= 0.3 is 0 Å². The highest BCUT2D eigenvalue weighted by atomic mass is 16.3. The van der Waals surface area contributed by atoms with Crippen LogP contribution in [0.3, 0.4) is 0 Å². The molecule has 0 heterocycles. The third-order valence-electron chi connectivity index (χ3n) is 2.73. The van der Waals surface area contributed by atoms with E-state index in [2.05, 4.69) is 0 Å². The topological polar surface area (TPSA) is 40.5 Å². The van der Waals surface area contributed by atoms with E-state index >= 15 is 0 Å². The van der Waals surface area contributed by atoms with Crippen LogP contribution in [-0.2, 0) is 4.79 Å². The van der Waals surface area contributed by atoms with Crippen molar-refractivity contribution in [3.8, 4) is 0 Å². The Morgan fingerprint density at radius 2 is 2.23 bits per heavy atom. The van der Waals surface area contributed by atoms with Crippen LogP contribution in [-0.4, -0.2) is 36.1 Å². The Labute approximate surface area is 79.7 Å². The number of aliphatic hydroxyl groups excluding tert-OH is 1. The lowest BCUT2D eigenvalue weighted by Crippen LogP contribution is -2.34. The van der Waals surface area contributed by atoms with Gasteiger partial charge < -0.3 is 10.0 Å². The van der Waals surface area contributed by atoms with Crippen LogP contribution in [0.15, 0.2) is 0 Å². The monoisotopic (exact) mass is 185 g/mol. The molecule has 0 radical (unpaired) electrons. The van der Waals surface area contributed by atoms with Gasteiger partial charge in [-0.15, -0.1) is 0 Å². The minimum Gasteiger partial charge on any atom is -0.396 e. The van der Waals surface area contributed by atoms with Gasteiger partial charge in [-0.05, 0) is 25.2 Å². The third kappa shape index (κ3) is 3.35. The number of amides is 1. The van der Waals surface area contributed by atoms with Crippen molar-refractivity contribution in [3.63, 3.8) is 0 Å². The zero-order valence-electron chi connectivity index (χ0n) is 8.33. The van der Waals surface area contributed by atoms with Gasteiger partial charge in [0.15, 0.2) is 0 Å². The summed E-state index contributed by atoms with van der Waals surface area (Å²) in [7, 11) is 1.86. The smallest absolute Gasteiger partial charge is 0.222 e. The van der Waals surface area contributed by atoms with Crippen LogP contribution in [0.5, 0.6) is 0 Å². The molecule has 3 heteroatoms. The fraction of sp³-hybridized carbons (Fsp3) is 0.900. The van der Waals surface area contributed by atoms with Crippen LogP contribution >= 0.6 is 0 Å². The number of hydrogen-bond acceptors (Lipinski definition) is 2. The molecule has 1 aliphatic rings. The molecular formula is C10H19NO2. The summed E-state index contributed by atoms with van der Waals surface area (Å²) < 4.78 is 0. The summed E-state index contributed by atoms with van der Waals surface area (Å²) >= 11 is 0. The molecule has 13 heavy (non-hydrogen) atoms. The van der Waals surface area contributed by atoms with Gasteiger partial charge in [0.1, 0.15) is 0 Å². The summed E-state index contributed by atoms with van der Waals surface area (Å²) in [6.07, 6.45) is 4.95. The van der Waals surface area contributed by atoms with E-state index in [0.29, 0.717) is 12.8 Å². The molecule has 0 aromatic heterocycles. The van der Waals surface area contributed by atoms with E-state index in [9.17, 15) is 4.79 Å². The van der Waals surface area contributed by atoms with Crippen molar-refractivity contribution in [2.24, 2.45) is 5.92 Å². The SMILES string of the molecule is CN(CC1CCC1)C(=O)CCCO. The fourth-order valence-corrected chi connectivity index (χ4v) is 1.59. The van der Waals surface area contributed by atoms with Crippen molar-refractivity contribution in [2.45, 2.75) is 32.1 Å². The van der Waals surface area contributed by atoms with Crippen molar-refractivity contribution in [1.29, 1.82) is 0 Å². The maximum Gasteiger partial charge on any atom is 0.222 e. The van der Waals surface area contributed by atoms with E-state index in [1.807, 2.05) is 7.05 Å². The molecule has 1 rings (SSSR count). The van der Waals surface area contributed by atoms with Gasteiger partial charge in [-0.1, -0.05) is 6.42 Å². The van der Waals surface area contributed by atoms with Crippen LogP contribution < -0.4 is 0 Å². The zero-order chi connectivity index (χ0) is 9.68. The zero-order valence-corrected chi connectivity index (χ0v) is 8.33. The Morgan fingerprint density at radius 1 is 1.54 bits per heavy atom. The first kappa shape index (κ1) is 10.5. The molecule has 1 saturated carbocycles. The number of rotatable bonds is 5. The van der Waals surface area contributed by atoms with Gasteiger partial charge in [0.05, 0.1) is 0 Å². The second-order valence-electron chi connectivity index (χ2n) is 3.90. The molecule has 0 spiro atoms. The molecule has 0 aliphatic heterocycles. The highest BCUT2D eigenvalue weighted by molar-refractivity contribution is 5.75. The van der Waals surface area contributed by atoms with Crippen molar-refractivity contribution in [2.75, 3.05) is 20.2 Å². The normalized spacial score (nSPS) is 16.8. The first-order valence-electron chi connectivity index (χ1n) is 5.09. The molecule has 1 aliphatic carbocycles. The molecule has 76 valence electrons. The van der Waals surface area contributed by atoms with E-state index < -0.39 is 0 Å². The first-order chi connectivity index (χ1) is 6.24. The van der Waals surface area contributed by atoms with Crippen molar-refractivity contribution in [1.82, 2.24) is 4.90 Å². The molecule has 0 bridgehead atoms. The van der Waals surface area contributed by atoms with E-state index in [1.165, 1.54) is 19.3 Å². The quantitative estimate of drug-likeness (QED) is 0.694. The van der Waals surface area contributed by atoms with Crippen LogP contribution in [0.1, 0.15) is 32.1 Å². The molecule has 0 saturated heterocycles. The van der Waals surface area contributed by atoms with Gasteiger partial charge in [-0.25, -0.2) is 0 Å². The lowest BCUT2D eigenvalue weighted by Gasteiger charge is -2.30. The Hall–Kier alpha value is -0.570.